The summed E-state index contributed by atoms with van der Waals surface area (Å²) in [6.45, 7) is 7.45. The van der Waals surface area contributed by atoms with Gasteiger partial charge in [-0.2, -0.15) is 0 Å². The van der Waals surface area contributed by atoms with Gasteiger partial charge in [-0.05, 0) is 25.7 Å². The van der Waals surface area contributed by atoms with Crippen LogP contribution in [0.15, 0.2) is 0 Å². The van der Waals surface area contributed by atoms with E-state index in [9.17, 15) is 5.11 Å². The van der Waals surface area contributed by atoms with Crippen molar-refractivity contribution in [3.05, 3.63) is 0 Å². The molecule has 0 aliphatic carbocycles. The Labute approximate surface area is 103 Å². The second kappa shape index (κ2) is 6.84. The first-order chi connectivity index (χ1) is 7.54. The zero-order chi connectivity index (χ0) is 12.1. The molecule has 4 unspecified atom stereocenters. The topological polar surface area (TPSA) is 55.5 Å². The lowest BCUT2D eigenvalue weighted by atomic mass is 10.0. The number of hydrogen-bond acceptors (Lipinski definition) is 4. The molecule has 96 valence electrons. The highest BCUT2D eigenvalue weighted by atomic mass is 32.2. The molecule has 0 bridgehead atoms. The molecule has 1 heterocycles. The van der Waals surface area contributed by atoms with Gasteiger partial charge >= 0.3 is 0 Å². The smallest absolute Gasteiger partial charge is 0.0666 e. The van der Waals surface area contributed by atoms with Gasteiger partial charge < -0.3 is 15.6 Å². The number of aliphatic hydroxyl groups excluding tert-OH is 1. The molecule has 1 saturated heterocycles. The molecular formula is C12H25NO2S. The molecule has 4 atom stereocenters. The average molecular weight is 247 g/mol. The van der Waals surface area contributed by atoms with Gasteiger partial charge in [0.05, 0.1) is 12.7 Å². The van der Waals surface area contributed by atoms with E-state index in [-0.39, 0.29) is 17.9 Å². The fourth-order valence-electron chi connectivity index (χ4n) is 2.09. The zero-order valence-corrected chi connectivity index (χ0v) is 11.4. The Kier molecular flexibility index (Phi) is 6.11. The van der Waals surface area contributed by atoms with Gasteiger partial charge in [0.25, 0.3) is 0 Å². The Morgan fingerprint density at radius 2 is 2.19 bits per heavy atom. The van der Waals surface area contributed by atoms with Crippen LogP contribution in [0.4, 0.5) is 0 Å². The van der Waals surface area contributed by atoms with Crippen molar-refractivity contribution in [3.8, 4) is 0 Å². The maximum atomic E-state index is 9.41. The van der Waals surface area contributed by atoms with Crippen LogP contribution in [0.3, 0.4) is 0 Å². The van der Waals surface area contributed by atoms with Crippen LogP contribution in [0.25, 0.3) is 0 Å². The summed E-state index contributed by atoms with van der Waals surface area (Å²) < 4.78 is 5.53. The lowest BCUT2D eigenvalue weighted by molar-refractivity contribution is 0.127. The molecule has 1 aliphatic rings. The van der Waals surface area contributed by atoms with Gasteiger partial charge in [-0.15, -0.1) is 11.8 Å². The fourth-order valence-corrected chi connectivity index (χ4v) is 3.47. The van der Waals surface area contributed by atoms with Crippen LogP contribution in [0.5, 0.6) is 0 Å². The number of hydrogen-bond donors (Lipinski definition) is 2. The van der Waals surface area contributed by atoms with Crippen molar-refractivity contribution in [2.24, 2.45) is 11.7 Å². The van der Waals surface area contributed by atoms with Gasteiger partial charge in [-0.3, -0.25) is 0 Å². The van der Waals surface area contributed by atoms with Crippen molar-refractivity contribution in [2.45, 2.75) is 56.3 Å². The number of rotatable bonds is 6. The minimum absolute atomic E-state index is 0.0859. The quantitative estimate of drug-likeness (QED) is 0.749. The van der Waals surface area contributed by atoms with E-state index < -0.39 is 0 Å². The number of nitrogens with two attached hydrogens (primary N) is 1. The summed E-state index contributed by atoms with van der Waals surface area (Å²) >= 11 is 1.81. The molecule has 0 spiro atoms. The standard InChI is InChI=1S/C12H25NO2S/c1-8(2)6-10(13)12(7-14)16-11-4-5-15-9(11)3/h8-12,14H,4-7,13H2,1-3H3. The van der Waals surface area contributed by atoms with Crippen molar-refractivity contribution in [2.75, 3.05) is 13.2 Å². The Morgan fingerprint density at radius 3 is 2.62 bits per heavy atom. The predicted octanol–water partition coefficient (Wildman–Crippen LogP) is 1.63. The first kappa shape index (κ1) is 14.3. The predicted molar refractivity (Wildman–Crippen MR) is 69.7 cm³/mol. The van der Waals surface area contributed by atoms with Gasteiger partial charge in [-0.25, -0.2) is 0 Å². The second-order valence-corrected chi connectivity index (χ2v) is 6.54. The van der Waals surface area contributed by atoms with Crippen LogP contribution >= 0.6 is 11.8 Å². The van der Waals surface area contributed by atoms with E-state index in [1.807, 2.05) is 11.8 Å². The summed E-state index contributed by atoms with van der Waals surface area (Å²) in [5.41, 5.74) is 6.13. The van der Waals surface area contributed by atoms with Crippen molar-refractivity contribution in [3.63, 3.8) is 0 Å². The van der Waals surface area contributed by atoms with E-state index in [2.05, 4.69) is 20.8 Å². The minimum atomic E-state index is 0.0859. The van der Waals surface area contributed by atoms with Gasteiger partial charge in [0.1, 0.15) is 0 Å². The highest BCUT2D eigenvalue weighted by molar-refractivity contribution is 8.00. The van der Waals surface area contributed by atoms with Gasteiger partial charge in [0, 0.05) is 23.1 Å². The summed E-state index contributed by atoms with van der Waals surface area (Å²) in [5.74, 6) is 0.585. The molecule has 0 radical (unpaired) electrons. The molecule has 4 heteroatoms. The largest absolute Gasteiger partial charge is 0.395 e. The van der Waals surface area contributed by atoms with Gasteiger partial charge in [0.2, 0.25) is 0 Å². The second-order valence-electron chi connectivity index (χ2n) is 5.05. The van der Waals surface area contributed by atoms with Crippen molar-refractivity contribution in [1.82, 2.24) is 0 Å². The molecule has 3 N–H and O–H groups in total. The molecule has 3 nitrogen and oxygen atoms in total. The third kappa shape index (κ3) is 4.24. The Hall–Kier alpha value is 0.230. The van der Waals surface area contributed by atoms with E-state index in [1.54, 1.807) is 0 Å². The van der Waals surface area contributed by atoms with Crippen LogP contribution in [0.2, 0.25) is 0 Å². The van der Waals surface area contributed by atoms with Crippen LogP contribution < -0.4 is 5.73 Å². The molecule has 1 rings (SSSR count). The summed E-state index contributed by atoms with van der Waals surface area (Å²) in [5, 5.41) is 10.1. The first-order valence-corrected chi connectivity index (χ1v) is 7.12. The normalized spacial score (nSPS) is 29.6. The molecule has 0 aromatic carbocycles. The third-order valence-corrected chi connectivity index (χ3v) is 4.87. The van der Waals surface area contributed by atoms with E-state index in [0.29, 0.717) is 17.3 Å². The molecule has 0 saturated carbocycles. The Balaban J connectivity index is 2.41. The van der Waals surface area contributed by atoms with E-state index in [4.69, 9.17) is 10.5 Å². The van der Waals surface area contributed by atoms with Crippen LogP contribution in [0, 0.1) is 5.92 Å². The maximum Gasteiger partial charge on any atom is 0.0666 e. The summed E-state index contributed by atoms with van der Waals surface area (Å²) in [4.78, 5) is 0. The molecule has 0 aromatic rings. The van der Waals surface area contributed by atoms with Crippen LogP contribution in [0.1, 0.15) is 33.6 Å². The van der Waals surface area contributed by atoms with E-state index >= 15 is 0 Å². The van der Waals surface area contributed by atoms with Gasteiger partial charge in [0.15, 0.2) is 0 Å². The third-order valence-electron chi connectivity index (χ3n) is 3.06. The van der Waals surface area contributed by atoms with Crippen molar-refractivity contribution in [1.29, 1.82) is 0 Å². The minimum Gasteiger partial charge on any atom is -0.395 e. The Morgan fingerprint density at radius 1 is 1.50 bits per heavy atom. The molecule has 16 heavy (non-hydrogen) atoms. The molecule has 1 fully saturated rings. The van der Waals surface area contributed by atoms with Crippen molar-refractivity contribution >= 4 is 11.8 Å². The van der Waals surface area contributed by atoms with Crippen molar-refractivity contribution < 1.29 is 9.84 Å². The highest BCUT2D eigenvalue weighted by Gasteiger charge is 2.30. The average Bonchev–Trinajstić information content (AvgIpc) is 2.59. The lowest BCUT2D eigenvalue weighted by Crippen LogP contribution is -2.38. The highest BCUT2D eigenvalue weighted by Crippen LogP contribution is 2.31. The molecule has 0 aromatic heterocycles. The van der Waals surface area contributed by atoms with Crippen LogP contribution in [-0.2, 0) is 4.74 Å². The summed E-state index contributed by atoms with van der Waals surface area (Å²) in [6.07, 6.45) is 2.35. The van der Waals surface area contributed by atoms with Gasteiger partial charge in [-0.1, -0.05) is 13.8 Å². The number of aliphatic hydroxyl groups is 1. The summed E-state index contributed by atoms with van der Waals surface area (Å²) in [6, 6.07) is 0.0859. The maximum absolute atomic E-state index is 9.41. The number of ether oxygens (including phenoxy) is 1. The first-order valence-electron chi connectivity index (χ1n) is 6.18. The SMILES string of the molecule is CC(C)CC(N)C(CO)SC1CCOC1C. The fraction of sp³-hybridized carbons (Fsp3) is 1.00. The molecule has 1 aliphatic heterocycles. The van der Waals surface area contributed by atoms with E-state index in [1.165, 1.54) is 0 Å². The zero-order valence-electron chi connectivity index (χ0n) is 10.6. The summed E-state index contributed by atoms with van der Waals surface area (Å²) in [7, 11) is 0. The Bertz CT molecular complexity index is 201. The van der Waals surface area contributed by atoms with E-state index in [0.717, 1.165) is 19.4 Å². The lowest BCUT2D eigenvalue weighted by Gasteiger charge is -2.26. The number of thioether (sulfide) groups is 1. The molecule has 0 amide bonds. The van der Waals surface area contributed by atoms with Crippen LogP contribution in [-0.4, -0.2) is 41.0 Å². The molecular weight excluding hydrogens is 222 g/mol. The monoisotopic (exact) mass is 247 g/mol.